The summed E-state index contributed by atoms with van der Waals surface area (Å²) in [5.41, 5.74) is 3.40. The fraction of sp³-hybridized carbons (Fsp3) is 0.542. The summed E-state index contributed by atoms with van der Waals surface area (Å²) in [6.07, 6.45) is 4.60. The Morgan fingerprint density at radius 3 is 3.00 bits per heavy atom. The lowest BCUT2D eigenvalue weighted by atomic mass is 9.78. The number of carbonyl (C=O) groups is 1. The average molecular weight is 456 g/mol. The summed E-state index contributed by atoms with van der Waals surface area (Å²) in [7, 11) is 0. The molecule has 0 amide bonds. The molecule has 7 nitrogen and oxygen atoms in total. The molecule has 1 saturated carbocycles. The molecule has 33 heavy (non-hydrogen) atoms. The Labute approximate surface area is 190 Å². The third kappa shape index (κ3) is 3.32. The molecule has 1 aromatic heterocycles. The average Bonchev–Trinajstić information content (AvgIpc) is 3.04. The van der Waals surface area contributed by atoms with Crippen LogP contribution in [-0.4, -0.2) is 45.3 Å². The Balaban J connectivity index is 1.13. The number of fused-ring (bicyclic) bond motifs is 5. The molecule has 4 aliphatic rings. The van der Waals surface area contributed by atoms with E-state index >= 15 is 0 Å². The molecule has 0 spiro atoms. The van der Waals surface area contributed by atoms with E-state index in [9.17, 15) is 13.6 Å². The highest BCUT2D eigenvalue weighted by molar-refractivity contribution is 5.76. The predicted octanol–water partition coefficient (Wildman–Crippen LogP) is 3.08. The highest BCUT2D eigenvalue weighted by Crippen LogP contribution is 2.62. The molecule has 0 bridgehead atoms. The Morgan fingerprint density at radius 2 is 2.18 bits per heavy atom. The third-order valence-electron chi connectivity index (χ3n) is 7.97. The number of hydrogen-bond acceptors (Lipinski definition) is 6. The van der Waals surface area contributed by atoms with E-state index in [0.717, 1.165) is 25.3 Å². The minimum absolute atomic E-state index is 0.125. The first kappa shape index (κ1) is 20.9. The highest BCUT2D eigenvalue weighted by Gasteiger charge is 2.69. The number of esters is 1. The van der Waals surface area contributed by atoms with E-state index in [0.29, 0.717) is 18.8 Å². The second-order valence-electron chi connectivity index (χ2n) is 9.87. The van der Waals surface area contributed by atoms with Crippen molar-refractivity contribution in [2.24, 2.45) is 17.8 Å². The Kier molecular flexibility index (Phi) is 4.71. The van der Waals surface area contributed by atoms with Gasteiger partial charge in [0.05, 0.1) is 23.9 Å². The molecular formula is C24H26F2N4O3. The van der Waals surface area contributed by atoms with Crippen LogP contribution in [0.15, 0.2) is 35.5 Å². The van der Waals surface area contributed by atoms with Crippen LogP contribution in [0.1, 0.15) is 38.8 Å². The van der Waals surface area contributed by atoms with Crippen molar-refractivity contribution in [1.82, 2.24) is 20.3 Å². The summed E-state index contributed by atoms with van der Waals surface area (Å²) < 4.78 is 40.4. The van der Waals surface area contributed by atoms with Gasteiger partial charge >= 0.3 is 5.97 Å². The lowest BCUT2D eigenvalue weighted by Crippen LogP contribution is -2.37. The first-order valence-electron chi connectivity index (χ1n) is 11.5. The van der Waals surface area contributed by atoms with Gasteiger partial charge in [-0.2, -0.15) is 0 Å². The fourth-order valence-corrected chi connectivity index (χ4v) is 6.12. The smallest absolute Gasteiger partial charge is 0.310 e. The van der Waals surface area contributed by atoms with Gasteiger partial charge in [-0.15, -0.1) is 5.10 Å². The first-order valence-corrected chi connectivity index (χ1v) is 11.5. The van der Waals surface area contributed by atoms with Crippen LogP contribution in [0.25, 0.3) is 5.69 Å². The van der Waals surface area contributed by atoms with Crippen LogP contribution in [0.5, 0.6) is 0 Å². The number of carbonyl (C=O) groups excluding carboxylic acids is 1. The van der Waals surface area contributed by atoms with Gasteiger partial charge < -0.3 is 14.8 Å². The van der Waals surface area contributed by atoms with Crippen molar-refractivity contribution < 1.29 is 23.0 Å². The van der Waals surface area contributed by atoms with Crippen LogP contribution in [0.3, 0.4) is 0 Å². The van der Waals surface area contributed by atoms with E-state index in [1.807, 2.05) is 0 Å². The van der Waals surface area contributed by atoms with E-state index in [1.165, 1.54) is 28.0 Å². The zero-order valence-corrected chi connectivity index (χ0v) is 18.6. The van der Waals surface area contributed by atoms with E-state index in [2.05, 4.69) is 29.5 Å². The number of epoxide rings is 1. The molecule has 174 valence electrons. The molecule has 2 saturated heterocycles. The van der Waals surface area contributed by atoms with Gasteiger partial charge in [-0.05, 0) is 45.2 Å². The number of allylic oxidation sites excluding steroid dienone is 1. The van der Waals surface area contributed by atoms with Crippen molar-refractivity contribution in [2.45, 2.75) is 57.5 Å². The summed E-state index contributed by atoms with van der Waals surface area (Å²) in [4.78, 5) is 12.8. The summed E-state index contributed by atoms with van der Waals surface area (Å²) in [5.74, 6) is -1.43. The number of halogens is 2. The van der Waals surface area contributed by atoms with Gasteiger partial charge in [0.2, 0.25) is 0 Å². The minimum Gasteiger partial charge on any atom is -0.461 e. The van der Waals surface area contributed by atoms with Crippen molar-refractivity contribution in [3.05, 3.63) is 52.9 Å². The van der Waals surface area contributed by atoms with Gasteiger partial charge in [0.1, 0.15) is 23.2 Å². The molecule has 2 aliphatic carbocycles. The number of ether oxygens (including phenoxy) is 2. The number of hydrogen-bond donors (Lipinski definition) is 1. The van der Waals surface area contributed by atoms with E-state index in [1.54, 1.807) is 6.20 Å². The highest BCUT2D eigenvalue weighted by atomic mass is 19.1. The molecule has 9 heteroatoms. The largest absolute Gasteiger partial charge is 0.461 e. The van der Waals surface area contributed by atoms with Crippen LogP contribution in [0, 0.1) is 29.4 Å². The summed E-state index contributed by atoms with van der Waals surface area (Å²) in [5, 5.41) is 11.3. The maximum absolute atomic E-state index is 14.0. The quantitative estimate of drug-likeness (QED) is 0.423. The topological polar surface area (TPSA) is 81.6 Å². The lowest BCUT2D eigenvalue weighted by Gasteiger charge is -2.28. The van der Waals surface area contributed by atoms with Crippen LogP contribution in [-0.2, 0) is 20.8 Å². The Morgan fingerprint density at radius 1 is 1.33 bits per heavy atom. The first-order chi connectivity index (χ1) is 15.8. The van der Waals surface area contributed by atoms with E-state index in [-0.39, 0.29) is 47.2 Å². The molecule has 1 N–H and O–H groups in total. The molecule has 2 aliphatic heterocycles. The van der Waals surface area contributed by atoms with Gasteiger partial charge in [0, 0.05) is 31.0 Å². The SMILES string of the molecule is CC1=C2C[C@H]3O[C@@]3(C)[C@@H]2[C@H]2OC(=O)[C@@H](CNCc3cn(-c4ccc(F)cc4F)nn3)[C@@H]2CC1. The van der Waals surface area contributed by atoms with Gasteiger partial charge in [0.25, 0.3) is 0 Å². The number of nitrogens with one attached hydrogen (secondary N) is 1. The maximum atomic E-state index is 14.0. The van der Waals surface area contributed by atoms with Crippen LogP contribution < -0.4 is 5.32 Å². The molecule has 6 atom stereocenters. The van der Waals surface area contributed by atoms with Crippen LogP contribution >= 0.6 is 0 Å². The molecule has 6 rings (SSSR count). The minimum atomic E-state index is -0.710. The normalized spacial score (nSPS) is 34.5. The number of aromatic nitrogens is 3. The Bertz CT molecular complexity index is 1160. The van der Waals surface area contributed by atoms with Crippen molar-refractivity contribution in [3.63, 3.8) is 0 Å². The lowest BCUT2D eigenvalue weighted by molar-refractivity contribution is -0.146. The van der Waals surface area contributed by atoms with Gasteiger partial charge in [-0.3, -0.25) is 4.79 Å². The summed E-state index contributed by atoms with van der Waals surface area (Å²) >= 11 is 0. The van der Waals surface area contributed by atoms with Gasteiger partial charge in [0.15, 0.2) is 5.82 Å². The molecular weight excluding hydrogens is 430 g/mol. The second kappa shape index (κ2) is 7.43. The number of nitrogens with zero attached hydrogens (tertiary/aromatic N) is 3. The Hall–Kier alpha value is -2.65. The second-order valence-corrected chi connectivity index (χ2v) is 9.87. The predicted molar refractivity (Wildman–Crippen MR) is 113 cm³/mol. The third-order valence-corrected chi connectivity index (χ3v) is 7.97. The van der Waals surface area contributed by atoms with Crippen molar-refractivity contribution in [3.8, 4) is 5.69 Å². The molecule has 2 aromatic rings. The molecule has 3 heterocycles. The van der Waals surface area contributed by atoms with Crippen molar-refractivity contribution in [2.75, 3.05) is 6.54 Å². The number of benzene rings is 1. The van der Waals surface area contributed by atoms with Crippen LogP contribution in [0.4, 0.5) is 8.78 Å². The monoisotopic (exact) mass is 456 g/mol. The maximum Gasteiger partial charge on any atom is 0.310 e. The number of rotatable bonds is 5. The zero-order chi connectivity index (χ0) is 22.9. The fourth-order valence-electron chi connectivity index (χ4n) is 6.12. The standard InChI is InChI=1S/C24H26F2N4O3/c1-12-3-5-15-17(23(31)32-22(15)21-16(12)8-20-24(21,2)33-20)10-27-9-14-11-30(29-28-14)19-6-4-13(25)7-18(19)26/h4,6-7,11,15,17,20-22,27H,3,5,8-10H2,1-2H3/t15-,17-,20+,21-,22-,24+/m0/s1. The van der Waals surface area contributed by atoms with E-state index in [4.69, 9.17) is 9.47 Å². The molecule has 0 unspecified atom stereocenters. The van der Waals surface area contributed by atoms with E-state index < -0.39 is 11.6 Å². The van der Waals surface area contributed by atoms with Crippen LogP contribution in [0.2, 0.25) is 0 Å². The zero-order valence-electron chi connectivity index (χ0n) is 18.6. The summed E-state index contributed by atoms with van der Waals surface area (Å²) in [6.45, 7) is 5.20. The van der Waals surface area contributed by atoms with Gasteiger partial charge in [-0.1, -0.05) is 16.4 Å². The van der Waals surface area contributed by atoms with Gasteiger partial charge in [-0.25, -0.2) is 13.5 Å². The molecule has 0 radical (unpaired) electrons. The summed E-state index contributed by atoms with van der Waals surface area (Å²) in [6, 6.07) is 3.30. The molecule has 1 aromatic carbocycles. The van der Waals surface area contributed by atoms with Crippen molar-refractivity contribution >= 4 is 5.97 Å². The van der Waals surface area contributed by atoms with Crippen molar-refractivity contribution in [1.29, 1.82) is 0 Å². The molecule has 3 fully saturated rings.